The normalized spacial score (nSPS) is 14.4. The number of amides is 2. The van der Waals surface area contributed by atoms with Crippen LogP contribution in [0.3, 0.4) is 0 Å². The summed E-state index contributed by atoms with van der Waals surface area (Å²) >= 11 is 0. The van der Waals surface area contributed by atoms with Crippen LogP contribution in [0.15, 0.2) is 71.3 Å². The number of nitrogens with one attached hydrogen (secondary N) is 1. The predicted octanol–water partition coefficient (Wildman–Crippen LogP) is 3.38. The molecule has 0 saturated carbocycles. The SMILES string of the molecule is Cc1cc(NC(=O)CN2CCN(C(=O)c3cc4ccccc4n3Cc3ccccc3)CC2)no1. The Hall–Kier alpha value is -3.91. The fourth-order valence-electron chi connectivity index (χ4n) is 4.41. The van der Waals surface area contributed by atoms with Crippen molar-refractivity contribution in [2.24, 2.45) is 0 Å². The monoisotopic (exact) mass is 457 g/mol. The lowest BCUT2D eigenvalue weighted by Gasteiger charge is -2.34. The highest BCUT2D eigenvalue weighted by atomic mass is 16.5. The number of carbonyl (C=O) groups excluding carboxylic acids is 2. The van der Waals surface area contributed by atoms with Gasteiger partial charge in [-0.25, -0.2) is 0 Å². The smallest absolute Gasteiger partial charge is 0.270 e. The average molecular weight is 458 g/mol. The molecule has 1 saturated heterocycles. The van der Waals surface area contributed by atoms with E-state index in [1.807, 2.05) is 52.3 Å². The fraction of sp³-hybridized carbons (Fsp3) is 0.269. The van der Waals surface area contributed by atoms with Crippen LogP contribution in [0, 0.1) is 6.92 Å². The molecule has 3 heterocycles. The zero-order chi connectivity index (χ0) is 23.5. The Labute approximate surface area is 197 Å². The van der Waals surface area contributed by atoms with Crippen molar-refractivity contribution in [3.8, 4) is 0 Å². The van der Waals surface area contributed by atoms with Crippen molar-refractivity contribution in [1.82, 2.24) is 19.5 Å². The number of para-hydroxylation sites is 1. The van der Waals surface area contributed by atoms with Crippen molar-refractivity contribution >= 4 is 28.5 Å². The minimum Gasteiger partial charge on any atom is -0.360 e. The Morgan fingerprint density at radius 2 is 1.71 bits per heavy atom. The summed E-state index contributed by atoms with van der Waals surface area (Å²) in [6, 6.07) is 21.9. The maximum absolute atomic E-state index is 13.5. The Kier molecular flexibility index (Phi) is 6.14. The molecule has 34 heavy (non-hydrogen) atoms. The van der Waals surface area contributed by atoms with Gasteiger partial charge >= 0.3 is 0 Å². The molecular formula is C26H27N5O3. The molecule has 8 nitrogen and oxygen atoms in total. The highest BCUT2D eigenvalue weighted by molar-refractivity contribution is 5.99. The minimum absolute atomic E-state index is 0.0225. The molecule has 8 heteroatoms. The summed E-state index contributed by atoms with van der Waals surface area (Å²) in [7, 11) is 0. The molecule has 1 aliphatic heterocycles. The minimum atomic E-state index is -0.143. The molecule has 0 unspecified atom stereocenters. The van der Waals surface area contributed by atoms with Crippen LogP contribution in [0.4, 0.5) is 5.82 Å². The van der Waals surface area contributed by atoms with Gasteiger partial charge < -0.3 is 19.3 Å². The van der Waals surface area contributed by atoms with Gasteiger partial charge in [0.15, 0.2) is 5.82 Å². The number of fused-ring (bicyclic) bond motifs is 1. The summed E-state index contributed by atoms with van der Waals surface area (Å²) in [5, 5.41) is 7.59. The van der Waals surface area contributed by atoms with Gasteiger partial charge in [-0.2, -0.15) is 0 Å². The van der Waals surface area contributed by atoms with Crippen molar-refractivity contribution in [2.45, 2.75) is 13.5 Å². The summed E-state index contributed by atoms with van der Waals surface area (Å²) in [4.78, 5) is 29.8. The molecule has 0 spiro atoms. The maximum Gasteiger partial charge on any atom is 0.270 e. The van der Waals surface area contributed by atoms with E-state index in [-0.39, 0.29) is 18.4 Å². The predicted molar refractivity (Wildman–Crippen MR) is 130 cm³/mol. The molecule has 1 aliphatic rings. The van der Waals surface area contributed by atoms with Crippen LogP contribution < -0.4 is 5.32 Å². The lowest BCUT2D eigenvalue weighted by atomic mass is 10.2. The quantitative estimate of drug-likeness (QED) is 0.480. The number of benzene rings is 2. The van der Waals surface area contributed by atoms with E-state index in [1.165, 1.54) is 0 Å². The number of hydrogen-bond donors (Lipinski definition) is 1. The zero-order valence-corrected chi connectivity index (χ0v) is 19.1. The second-order valence-electron chi connectivity index (χ2n) is 8.60. The summed E-state index contributed by atoms with van der Waals surface area (Å²) < 4.78 is 7.09. The fourth-order valence-corrected chi connectivity index (χ4v) is 4.41. The molecule has 1 N–H and O–H groups in total. The van der Waals surface area contributed by atoms with Gasteiger partial charge in [0.05, 0.1) is 6.54 Å². The van der Waals surface area contributed by atoms with Crippen molar-refractivity contribution < 1.29 is 14.1 Å². The highest BCUT2D eigenvalue weighted by Crippen LogP contribution is 2.23. The van der Waals surface area contributed by atoms with Crippen molar-refractivity contribution in [1.29, 1.82) is 0 Å². The van der Waals surface area contributed by atoms with Crippen LogP contribution in [0.1, 0.15) is 21.8 Å². The van der Waals surface area contributed by atoms with E-state index in [0.717, 1.165) is 16.5 Å². The molecule has 2 aromatic carbocycles. The first-order valence-electron chi connectivity index (χ1n) is 11.4. The van der Waals surface area contributed by atoms with Gasteiger partial charge in [-0.05, 0) is 24.6 Å². The first-order valence-corrected chi connectivity index (χ1v) is 11.4. The van der Waals surface area contributed by atoms with Gasteiger partial charge in [0.25, 0.3) is 5.91 Å². The molecule has 0 aliphatic carbocycles. The summed E-state index contributed by atoms with van der Waals surface area (Å²) in [5.74, 6) is 0.944. The average Bonchev–Trinajstić information content (AvgIpc) is 3.43. The number of aryl methyl sites for hydroxylation is 1. The van der Waals surface area contributed by atoms with Gasteiger partial charge in [0.2, 0.25) is 5.91 Å². The number of rotatable bonds is 6. The number of aromatic nitrogens is 2. The Morgan fingerprint density at radius 1 is 0.971 bits per heavy atom. The topological polar surface area (TPSA) is 83.6 Å². The zero-order valence-electron chi connectivity index (χ0n) is 19.1. The molecule has 0 atom stereocenters. The van der Waals surface area contributed by atoms with E-state index >= 15 is 0 Å². The van der Waals surface area contributed by atoms with Gasteiger partial charge in [0, 0.05) is 49.7 Å². The van der Waals surface area contributed by atoms with Crippen LogP contribution in [0.25, 0.3) is 10.9 Å². The van der Waals surface area contributed by atoms with E-state index in [1.54, 1.807) is 13.0 Å². The molecule has 2 amide bonds. The third-order valence-electron chi connectivity index (χ3n) is 6.14. The molecule has 2 aromatic heterocycles. The molecule has 0 bridgehead atoms. The molecule has 174 valence electrons. The Balaban J connectivity index is 1.26. The van der Waals surface area contributed by atoms with Gasteiger partial charge in [-0.1, -0.05) is 53.7 Å². The second kappa shape index (κ2) is 9.52. The largest absolute Gasteiger partial charge is 0.360 e. The van der Waals surface area contributed by atoms with E-state index in [9.17, 15) is 9.59 Å². The summed E-state index contributed by atoms with van der Waals surface area (Å²) in [5.41, 5.74) is 2.89. The van der Waals surface area contributed by atoms with Crippen LogP contribution in [-0.4, -0.2) is 64.1 Å². The first-order chi connectivity index (χ1) is 16.6. The molecule has 0 radical (unpaired) electrons. The third kappa shape index (κ3) is 4.72. The molecule has 4 aromatic rings. The van der Waals surface area contributed by atoms with Gasteiger partial charge in [-0.15, -0.1) is 0 Å². The Bertz CT molecular complexity index is 1300. The van der Waals surface area contributed by atoms with Gasteiger partial charge in [0.1, 0.15) is 11.5 Å². The number of carbonyl (C=O) groups is 2. The van der Waals surface area contributed by atoms with Crippen LogP contribution in [-0.2, 0) is 11.3 Å². The van der Waals surface area contributed by atoms with Gasteiger partial charge in [-0.3, -0.25) is 14.5 Å². The van der Waals surface area contributed by atoms with Crippen LogP contribution >= 0.6 is 0 Å². The van der Waals surface area contributed by atoms with E-state index in [2.05, 4.69) is 33.2 Å². The van der Waals surface area contributed by atoms with E-state index in [4.69, 9.17) is 4.52 Å². The summed E-state index contributed by atoms with van der Waals surface area (Å²) in [6.07, 6.45) is 0. The maximum atomic E-state index is 13.5. The number of hydrogen-bond acceptors (Lipinski definition) is 5. The lowest BCUT2D eigenvalue weighted by Crippen LogP contribution is -2.50. The third-order valence-corrected chi connectivity index (χ3v) is 6.14. The number of anilines is 1. The first kappa shape index (κ1) is 21.9. The van der Waals surface area contributed by atoms with E-state index in [0.29, 0.717) is 50.0 Å². The summed E-state index contributed by atoms with van der Waals surface area (Å²) in [6.45, 7) is 5.08. The van der Waals surface area contributed by atoms with Crippen LogP contribution in [0.5, 0.6) is 0 Å². The van der Waals surface area contributed by atoms with Crippen molar-refractivity contribution in [2.75, 3.05) is 38.0 Å². The highest BCUT2D eigenvalue weighted by Gasteiger charge is 2.26. The second-order valence-corrected chi connectivity index (χ2v) is 8.60. The molecular weight excluding hydrogens is 430 g/mol. The van der Waals surface area contributed by atoms with Crippen molar-refractivity contribution in [3.05, 3.63) is 83.7 Å². The molecule has 5 rings (SSSR count). The van der Waals surface area contributed by atoms with E-state index < -0.39 is 0 Å². The standard InChI is InChI=1S/C26H27N5O3/c1-19-15-24(28-34-19)27-25(32)18-29-11-13-30(14-12-29)26(33)23-16-21-9-5-6-10-22(21)31(23)17-20-7-3-2-4-8-20/h2-10,15-16H,11-14,17-18H2,1H3,(H,27,28,32). The number of nitrogens with zero attached hydrogens (tertiary/aromatic N) is 4. The van der Waals surface area contributed by atoms with Crippen LogP contribution in [0.2, 0.25) is 0 Å². The number of piperazine rings is 1. The van der Waals surface area contributed by atoms with Crippen molar-refractivity contribution in [3.63, 3.8) is 0 Å². The Morgan fingerprint density at radius 3 is 2.44 bits per heavy atom. The molecule has 1 fully saturated rings. The lowest BCUT2D eigenvalue weighted by molar-refractivity contribution is -0.117.